The standard InChI is InChI=1S/C18H13ClN4O4S/c19-12-3-1-2-4-13(12)25-9-17-22-23-16(20-21-18(23)28-17)8-24-11-5-6-14-15(7-11)27-10-26-14/h1-7H,8-10H2. The Hall–Kier alpha value is -3.04. The third kappa shape index (κ3) is 3.30. The third-order valence-corrected chi connectivity index (χ3v) is 5.18. The summed E-state index contributed by atoms with van der Waals surface area (Å²) in [6.45, 7) is 0.733. The molecule has 4 aromatic rings. The number of halogens is 1. The first kappa shape index (κ1) is 17.1. The largest absolute Gasteiger partial charge is 0.485 e. The van der Waals surface area contributed by atoms with Crippen molar-refractivity contribution in [3.63, 3.8) is 0 Å². The Morgan fingerprint density at radius 3 is 2.86 bits per heavy atom. The molecule has 0 radical (unpaired) electrons. The maximum absolute atomic E-state index is 6.11. The lowest BCUT2D eigenvalue weighted by Gasteiger charge is -2.05. The Bertz CT molecular complexity index is 1150. The van der Waals surface area contributed by atoms with Crippen LogP contribution < -0.4 is 18.9 Å². The molecule has 1 aliphatic heterocycles. The van der Waals surface area contributed by atoms with Crippen molar-refractivity contribution in [3.8, 4) is 23.0 Å². The highest BCUT2D eigenvalue weighted by Crippen LogP contribution is 2.35. The van der Waals surface area contributed by atoms with Gasteiger partial charge in [0.15, 0.2) is 22.3 Å². The Labute approximate surface area is 168 Å². The monoisotopic (exact) mass is 416 g/mol. The zero-order valence-electron chi connectivity index (χ0n) is 14.4. The van der Waals surface area contributed by atoms with Crippen molar-refractivity contribution in [1.29, 1.82) is 0 Å². The first-order chi connectivity index (χ1) is 13.8. The number of fused-ring (bicyclic) bond motifs is 2. The zero-order chi connectivity index (χ0) is 18.9. The molecular weight excluding hydrogens is 404 g/mol. The number of hydrogen-bond donors (Lipinski definition) is 0. The van der Waals surface area contributed by atoms with Crippen molar-refractivity contribution < 1.29 is 18.9 Å². The van der Waals surface area contributed by atoms with Gasteiger partial charge in [0, 0.05) is 6.07 Å². The number of rotatable bonds is 6. The molecule has 28 heavy (non-hydrogen) atoms. The number of nitrogens with zero attached hydrogens (tertiary/aromatic N) is 4. The molecule has 2 aromatic carbocycles. The second kappa shape index (κ2) is 7.17. The molecule has 142 valence electrons. The van der Waals surface area contributed by atoms with E-state index < -0.39 is 0 Å². The van der Waals surface area contributed by atoms with Crippen LogP contribution in [0.3, 0.4) is 0 Å². The van der Waals surface area contributed by atoms with Crippen molar-refractivity contribution in [3.05, 3.63) is 58.3 Å². The second-order valence-electron chi connectivity index (χ2n) is 5.83. The summed E-state index contributed by atoms with van der Waals surface area (Å²) >= 11 is 7.50. The van der Waals surface area contributed by atoms with Gasteiger partial charge in [0.25, 0.3) is 0 Å². The molecule has 5 rings (SSSR count). The van der Waals surface area contributed by atoms with Gasteiger partial charge in [0.1, 0.15) is 24.7 Å². The smallest absolute Gasteiger partial charge is 0.234 e. The molecule has 2 aromatic heterocycles. The van der Waals surface area contributed by atoms with Gasteiger partial charge in [-0.1, -0.05) is 35.1 Å². The minimum atomic E-state index is 0.218. The maximum atomic E-state index is 6.11. The summed E-state index contributed by atoms with van der Waals surface area (Å²) in [7, 11) is 0. The van der Waals surface area contributed by atoms with Crippen molar-refractivity contribution in [2.45, 2.75) is 13.2 Å². The molecule has 0 saturated carbocycles. The number of para-hydroxylation sites is 1. The Kier molecular flexibility index (Phi) is 4.38. The van der Waals surface area contributed by atoms with Crippen molar-refractivity contribution >= 4 is 27.9 Å². The fraction of sp³-hybridized carbons (Fsp3) is 0.167. The molecule has 0 aliphatic carbocycles. The summed E-state index contributed by atoms with van der Waals surface area (Å²) < 4.78 is 23.8. The Morgan fingerprint density at radius 1 is 1.04 bits per heavy atom. The van der Waals surface area contributed by atoms with Crippen LogP contribution >= 0.6 is 22.9 Å². The average molecular weight is 417 g/mol. The van der Waals surface area contributed by atoms with Gasteiger partial charge >= 0.3 is 0 Å². The van der Waals surface area contributed by atoms with Crippen LogP contribution in [-0.4, -0.2) is 26.6 Å². The van der Waals surface area contributed by atoms with E-state index in [0.717, 1.165) is 5.01 Å². The molecule has 0 atom stereocenters. The first-order valence-corrected chi connectivity index (χ1v) is 9.55. The molecule has 0 amide bonds. The van der Waals surface area contributed by atoms with Crippen molar-refractivity contribution in [1.82, 2.24) is 19.8 Å². The highest BCUT2D eigenvalue weighted by atomic mass is 35.5. The third-order valence-electron chi connectivity index (χ3n) is 4.00. The predicted octanol–water partition coefficient (Wildman–Crippen LogP) is 3.73. The normalized spacial score (nSPS) is 12.5. The Balaban J connectivity index is 1.27. The van der Waals surface area contributed by atoms with E-state index in [9.17, 15) is 0 Å². The molecule has 0 saturated heterocycles. The summed E-state index contributed by atoms with van der Waals surface area (Å²) in [6, 6.07) is 12.7. The van der Waals surface area contributed by atoms with E-state index in [1.807, 2.05) is 30.3 Å². The maximum Gasteiger partial charge on any atom is 0.234 e. The van der Waals surface area contributed by atoms with Gasteiger partial charge in [-0.25, -0.2) is 0 Å². The SMILES string of the molecule is Clc1ccccc1OCc1nn2c(COc3ccc4c(c3)OCO4)nnc2s1. The lowest BCUT2D eigenvalue weighted by atomic mass is 10.3. The van der Waals surface area contributed by atoms with Crippen molar-refractivity contribution in [2.24, 2.45) is 0 Å². The lowest BCUT2D eigenvalue weighted by Crippen LogP contribution is -2.03. The van der Waals surface area contributed by atoms with Gasteiger partial charge < -0.3 is 18.9 Å². The molecule has 1 aliphatic rings. The van der Waals surface area contributed by atoms with E-state index in [-0.39, 0.29) is 13.4 Å². The van der Waals surface area contributed by atoms with Crippen LogP contribution in [0.2, 0.25) is 5.02 Å². The van der Waals surface area contributed by atoms with Crippen molar-refractivity contribution in [2.75, 3.05) is 6.79 Å². The molecule has 0 unspecified atom stereocenters. The number of aromatic nitrogens is 4. The summed E-state index contributed by atoms with van der Waals surface area (Å²) in [4.78, 5) is 0.669. The summed E-state index contributed by atoms with van der Waals surface area (Å²) in [5.74, 6) is 3.23. The van der Waals surface area contributed by atoms with E-state index in [1.165, 1.54) is 11.3 Å². The summed E-state index contributed by atoms with van der Waals surface area (Å²) in [5.41, 5.74) is 0. The van der Waals surface area contributed by atoms with Gasteiger partial charge in [-0.05, 0) is 24.3 Å². The van der Waals surface area contributed by atoms with Gasteiger partial charge in [-0.15, -0.1) is 10.2 Å². The van der Waals surface area contributed by atoms with Crippen LogP contribution in [0.1, 0.15) is 10.8 Å². The first-order valence-electron chi connectivity index (χ1n) is 8.36. The highest BCUT2D eigenvalue weighted by molar-refractivity contribution is 7.16. The topological polar surface area (TPSA) is 80.0 Å². The molecule has 0 fully saturated rings. The van der Waals surface area contributed by atoms with Gasteiger partial charge in [-0.2, -0.15) is 9.61 Å². The van der Waals surface area contributed by atoms with E-state index in [0.29, 0.717) is 45.4 Å². The quantitative estimate of drug-likeness (QED) is 0.473. The predicted molar refractivity (Wildman–Crippen MR) is 101 cm³/mol. The summed E-state index contributed by atoms with van der Waals surface area (Å²) in [6.07, 6.45) is 0. The number of ether oxygens (including phenoxy) is 4. The fourth-order valence-corrected chi connectivity index (χ4v) is 3.62. The van der Waals surface area contributed by atoms with Gasteiger partial charge in [0.05, 0.1) is 5.02 Å². The highest BCUT2D eigenvalue weighted by Gasteiger charge is 2.16. The van der Waals surface area contributed by atoms with Gasteiger partial charge in [0.2, 0.25) is 11.8 Å². The van der Waals surface area contributed by atoms with Crippen LogP contribution in [-0.2, 0) is 13.2 Å². The molecule has 8 nitrogen and oxygen atoms in total. The minimum absolute atomic E-state index is 0.218. The zero-order valence-corrected chi connectivity index (χ0v) is 15.9. The van der Waals surface area contributed by atoms with E-state index in [2.05, 4.69) is 15.3 Å². The van der Waals surface area contributed by atoms with Crippen LogP contribution in [0, 0.1) is 0 Å². The molecule has 3 heterocycles. The van der Waals surface area contributed by atoms with Crippen LogP contribution in [0.5, 0.6) is 23.0 Å². The fourth-order valence-electron chi connectivity index (χ4n) is 2.66. The molecule has 0 bridgehead atoms. The average Bonchev–Trinajstić information content (AvgIpc) is 3.41. The van der Waals surface area contributed by atoms with Crippen LogP contribution in [0.25, 0.3) is 4.96 Å². The van der Waals surface area contributed by atoms with Crippen LogP contribution in [0.15, 0.2) is 42.5 Å². The summed E-state index contributed by atoms with van der Waals surface area (Å²) in [5, 5.41) is 14.1. The molecule has 10 heteroatoms. The second-order valence-corrected chi connectivity index (χ2v) is 7.28. The molecular formula is C18H13ClN4O4S. The molecule has 0 N–H and O–H groups in total. The van der Waals surface area contributed by atoms with E-state index in [4.69, 9.17) is 30.5 Å². The Morgan fingerprint density at radius 2 is 1.93 bits per heavy atom. The number of benzene rings is 2. The van der Waals surface area contributed by atoms with E-state index in [1.54, 1.807) is 16.6 Å². The molecule has 0 spiro atoms. The lowest BCUT2D eigenvalue weighted by molar-refractivity contribution is 0.173. The number of hydrogen-bond acceptors (Lipinski definition) is 8. The van der Waals surface area contributed by atoms with E-state index >= 15 is 0 Å². The van der Waals surface area contributed by atoms with Crippen LogP contribution in [0.4, 0.5) is 0 Å². The van der Waals surface area contributed by atoms with Gasteiger partial charge in [-0.3, -0.25) is 0 Å². The minimum Gasteiger partial charge on any atom is -0.485 e.